The highest BCUT2D eigenvalue weighted by Gasteiger charge is 2.26. The van der Waals surface area contributed by atoms with Gasteiger partial charge in [0, 0.05) is 13.1 Å². The van der Waals surface area contributed by atoms with E-state index in [-0.39, 0.29) is 12.5 Å². The Balaban J connectivity index is 3.60. The fourth-order valence-corrected chi connectivity index (χ4v) is 0.831. The summed E-state index contributed by atoms with van der Waals surface area (Å²) >= 11 is 0. The lowest BCUT2D eigenvalue weighted by molar-refractivity contribution is -0.132. The third-order valence-electron chi connectivity index (χ3n) is 1.70. The number of alkyl halides is 3. The zero-order valence-electron chi connectivity index (χ0n) is 9.06. The largest absolute Gasteiger partial charge is 0.390 e. The van der Waals surface area contributed by atoms with E-state index in [2.05, 4.69) is 10.3 Å². The van der Waals surface area contributed by atoms with Crippen LogP contribution in [0, 0.1) is 5.92 Å². The van der Waals surface area contributed by atoms with Crippen molar-refractivity contribution in [3.8, 4) is 0 Å². The highest BCUT2D eigenvalue weighted by Crippen LogP contribution is 2.17. The molecule has 15 heavy (non-hydrogen) atoms. The van der Waals surface area contributed by atoms with Crippen molar-refractivity contribution in [2.75, 3.05) is 13.1 Å². The maximum absolute atomic E-state index is 11.7. The minimum Gasteiger partial charge on any atom is -0.370 e. The first-order valence-electron chi connectivity index (χ1n) is 4.92. The first kappa shape index (κ1) is 14.1. The highest BCUT2D eigenvalue weighted by molar-refractivity contribution is 5.77. The molecule has 0 aromatic carbocycles. The van der Waals surface area contributed by atoms with Gasteiger partial charge in [-0.15, -0.1) is 0 Å². The summed E-state index contributed by atoms with van der Waals surface area (Å²) in [7, 11) is 0. The van der Waals surface area contributed by atoms with Gasteiger partial charge in [0.05, 0.1) is 6.42 Å². The van der Waals surface area contributed by atoms with Gasteiger partial charge in [0.15, 0.2) is 5.96 Å². The van der Waals surface area contributed by atoms with Crippen LogP contribution >= 0.6 is 0 Å². The molecule has 0 aliphatic rings. The number of guanidine groups is 1. The molecule has 0 saturated heterocycles. The molecule has 0 atom stereocenters. The highest BCUT2D eigenvalue weighted by atomic mass is 19.4. The second-order valence-electron chi connectivity index (χ2n) is 3.74. The Hall–Kier alpha value is -0.940. The van der Waals surface area contributed by atoms with E-state index < -0.39 is 12.6 Å². The molecule has 0 amide bonds. The fourth-order valence-electron chi connectivity index (χ4n) is 0.831. The first-order chi connectivity index (χ1) is 6.81. The number of nitrogens with one attached hydrogen (secondary N) is 1. The lowest BCUT2D eigenvalue weighted by atomic mass is 10.1. The molecule has 0 aliphatic carbocycles. The van der Waals surface area contributed by atoms with Gasteiger partial charge in [-0.05, 0) is 12.3 Å². The molecule has 3 N–H and O–H groups in total. The van der Waals surface area contributed by atoms with E-state index in [9.17, 15) is 13.2 Å². The molecule has 0 bridgehead atoms. The monoisotopic (exact) mass is 225 g/mol. The minimum atomic E-state index is -4.15. The number of hydrogen-bond acceptors (Lipinski definition) is 1. The normalized spacial score (nSPS) is 13.3. The van der Waals surface area contributed by atoms with Gasteiger partial charge in [0.2, 0.25) is 0 Å². The molecule has 90 valence electrons. The fraction of sp³-hybridized carbons (Fsp3) is 0.889. The number of rotatable bonds is 5. The number of nitrogens with two attached hydrogens (primary N) is 1. The van der Waals surface area contributed by atoms with Gasteiger partial charge in [-0.2, -0.15) is 13.2 Å². The van der Waals surface area contributed by atoms with Crippen LogP contribution in [0.3, 0.4) is 0 Å². The predicted molar refractivity (Wildman–Crippen MR) is 54.6 cm³/mol. The van der Waals surface area contributed by atoms with E-state index in [1.807, 2.05) is 13.8 Å². The SMILES string of the molecule is CC(C)CCN=C(N)NCCC(F)(F)F. The predicted octanol–water partition coefficient (Wildman–Crippen LogP) is 1.89. The minimum absolute atomic E-state index is 0.0832. The molecule has 0 aromatic heterocycles. The topological polar surface area (TPSA) is 50.4 Å². The second-order valence-corrected chi connectivity index (χ2v) is 3.74. The van der Waals surface area contributed by atoms with Crippen LogP contribution in [-0.2, 0) is 0 Å². The number of halogens is 3. The average molecular weight is 225 g/mol. The third kappa shape index (κ3) is 11.0. The first-order valence-corrected chi connectivity index (χ1v) is 4.92. The van der Waals surface area contributed by atoms with Gasteiger partial charge in [0.1, 0.15) is 0 Å². The van der Waals surface area contributed by atoms with E-state index >= 15 is 0 Å². The van der Waals surface area contributed by atoms with Crippen molar-refractivity contribution in [2.24, 2.45) is 16.6 Å². The standard InChI is InChI=1S/C9H18F3N3/c1-7(2)3-5-14-8(13)15-6-4-9(10,11)12/h7H,3-6H2,1-2H3,(H3,13,14,15). The van der Waals surface area contributed by atoms with Gasteiger partial charge in [0.25, 0.3) is 0 Å². The van der Waals surface area contributed by atoms with Crippen LogP contribution in [0.5, 0.6) is 0 Å². The van der Waals surface area contributed by atoms with Crippen LogP contribution in [-0.4, -0.2) is 25.2 Å². The van der Waals surface area contributed by atoms with Crippen molar-refractivity contribution in [1.29, 1.82) is 0 Å². The molecular formula is C9H18F3N3. The summed E-state index contributed by atoms with van der Waals surface area (Å²) in [5, 5.41) is 2.42. The Bertz CT molecular complexity index is 199. The van der Waals surface area contributed by atoms with E-state index in [4.69, 9.17) is 5.73 Å². The van der Waals surface area contributed by atoms with Crippen LogP contribution < -0.4 is 11.1 Å². The van der Waals surface area contributed by atoms with E-state index in [1.165, 1.54) is 0 Å². The van der Waals surface area contributed by atoms with Gasteiger partial charge >= 0.3 is 6.18 Å². The molecule has 6 heteroatoms. The Morgan fingerprint density at radius 3 is 2.47 bits per heavy atom. The molecule has 0 radical (unpaired) electrons. The number of hydrogen-bond donors (Lipinski definition) is 2. The Morgan fingerprint density at radius 2 is 2.00 bits per heavy atom. The van der Waals surface area contributed by atoms with Crippen LogP contribution in [0.4, 0.5) is 13.2 Å². The van der Waals surface area contributed by atoms with Gasteiger partial charge in [-0.25, -0.2) is 0 Å². The van der Waals surface area contributed by atoms with Gasteiger partial charge in [-0.3, -0.25) is 4.99 Å². The molecule has 0 aliphatic heterocycles. The zero-order chi connectivity index (χ0) is 11.9. The Kier molecular flexibility index (Phi) is 6.12. The summed E-state index contributed by atoms with van der Waals surface area (Å²) in [6.45, 7) is 4.41. The lowest BCUT2D eigenvalue weighted by Crippen LogP contribution is -2.34. The number of aliphatic imine (C=N–C) groups is 1. The second kappa shape index (κ2) is 6.53. The summed E-state index contributed by atoms with van der Waals surface area (Å²) in [6.07, 6.45) is -4.17. The van der Waals surface area contributed by atoms with E-state index in [0.717, 1.165) is 6.42 Å². The summed E-state index contributed by atoms with van der Waals surface area (Å²) < 4.78 is 35.2. The molecule has 0 unspecified atom stereocenters. The number of nitrogens with zero attached hydrogens (tertiary/aromatic N) is 1. The van der Waals surface area contributed by atoms with Gasteiger partial charge in [-0.1, -0.05) is 13.8 Å². The molecule has 0 fully saturated rings. The maximum Gasteiger partial charge on any atom is 0.390 e. The summed E-state index contributed by atoms with van der Waals surface area (Å²) in [5.41, 5.74) is 5.36. The van der Waals surface area contributed by atoms with Crippen molar-refractivity contribution in [3.05, 3.63) is 0 Å². The molecule has 3 nitrogen and oxygen atoms in total. The molecular weight excluding hydrogens is 207 g/mol. The van der Waals surface area contributed by atoms with Crippen molar-refractivity contribution >= 4 is 5.96 Å². The summed E-state index contributed by atoms with van der Waals surface area (Å²) in [5.74, 6) is 0.594. The summed E-state index contributed by atoms with van der Waals surface area (Å²) in [4.78, 5) is 3.90. The third-order valence-corrected chi connectivity index (χ3v) is 1.70. The summed E-state index contributed by atoms with van der Waals surface area (Å²) in [6, 6.07) is 0. The van der Waals surface area contributed by atoms with Gasteiger partial charge < -0.3 is 11.1 Å². The van der Waals surface area contributed by atoms with Crippen molar-refractivity contribution in [1.82, 2.24) is 5.32 Å². The van der Waals surface area contributed by atoms with Crippen molar-refractivity contribution < 1.29 is 13.2 Å². The van der Waals surface area contributed by atoms with Crippen LogP contribution in [0.1, 0.15) is 26.7 Å². The molecule has 0 aromatic rings. The lowest BCUT2D eigenvalue weighted by Gasteiger charge is -2.08. The quantitative estimate of drug-likeness (QED) is 0.554. The van der Waals surface area contributed by atoms with Crippen LogP contribution in [0.2, 0.25) is 0 Å². The van der Waals surface area contributed by atoms with Crippen LogP contribution in [0.25, 0.3) is 0 Å². The Labute approximate surface area is 87.9 Å². The smallest absolute Gasteiger partial charge is 0.370 e. The molecule has 0 rings (SSSR count). The van der Waals surface area contributed by atoms with Crippen molar-refractivity contribution in [3.63, 3.8) is 0 Å². The maximum atomic E-state index is 11.7. The molecule has 0 heterocycles. The van der Waals surface area contributed by atoms with Crippen LogP contribution in [0.15, 0.2) is 4.99 Å². The average Bonchev–Trinajstić information content (AvgIpc) is 2.00. The Morgan fingerprint density at radius 1 is 1.40 bits per heavy atom. The van der Waals surface area contributed by atoms with E-state index in [1.54, 1.807) is 0 Å². The van der Waals surface area contributed by atoms with E-state index in [0.29, 0.717) is 12.5 Å². The zero-order valence-corrected chi connectivity index (χ0v) is 9.06. The van der Waals surface area contributed by atoms with Crippen molar-refractivity contribution in [2.45, 2.75) is 32.9 Å². The molecule has 0 saturated carbocycles. The molecule has 0 spiro atoms.